The van der Waals surface area contributed by atoms with Gasteiger partial charge in [0.05, 0.1) is 6.61 Å². The summed E-state index contributed by atoms with van der Waals surface area (Å²) in [6.07, 6.45) is 0.588. The van der Waals surface area contributed by atoms with Gasteiger partial charge in [0.2, 0.25) is 0 Å². The minimum atomic E-state index is -0.799. The topological polar surface area (TPSA) is 49.8 Å². The smallest absolute Gasteiger partial charge is 0.323 e. The number of carboxylic acid groups (broad SMARTS) is 1. The predicted molar refractivity (Wildman–Crippen MR) is 60.0 cm³/mol. The number of hydrogen-bond acceptors (Lipinski definition) is 3. The van der Waals surface area contributed by atoms with Gasteiger partial charge in [0.1, 0.15) is 5.54 Å². The van der Waals surface area contributed by atoms with Crippen LogP contribution < -0.4 is 0 Å². The zero-order chi connectivity index (χ0) is 12.1. The van der Waals surface area contributed by atoms with Crippen LogP contribution in [-0.4, -0.2) is 47.8 Å². The van der Waals surface area contributed by atoms with E-state index in [1.165, 1.54) is 0 Å². The second kappa shape index (κ2) is 6.08. The largest absolute Gasteiger partial charge is 0.480 e. The molecule has 0 amide bonds. The van der Waals surface area contributed by atoms with E-state index in [2.05, 4.69) is 0 Å². The maximum atomic E-state index is 11.3. The normalized spacial score (nSPS) is 17.5. The molecule has 0 aromatic heterocycles. The van der Waals surface area contributed by atoms with E-state index < -0.39 is 11.5 Å². The van der Waals surface area contributed by atoms with Crippen molar-refractivity contribution in [1.29, 1.82) is 0 Å². The Balaban J connectivity index is 4.82. The van der Waals surface area contributed by atoms with Crippen LogP contribution in [0.25, 0.3) is 0 Å². The average Bonchev–Trinajstić information content (AvgIpc) is 2.18. The first kappa shape index (κ1) is 14.4. The van der Waals surface area contributed by atoms with Crippen LogP contribution in [0, 0.1) is 0 Å². The number of nitrogens with zero attached hydrogens (tertiary/aromatic N) is 1. The van der Waals surface area contributed by atoms with Crippen LogP contribution in [0.3, 0.4) is 0 Å². The molecule has 0 spiro atoms. The quantitative estimate of drug-likeness (QED) is 0.703. The molecule has 0 heterocycles. The molecule has 0 aromatic rings. The van der Waals surface area contributed by atoms with Crippen LogP contribution in [0.2, 0.25) is 0 Å². The van der Waals surface area contributed by atoms with Crippen molar-refractivity contribution in [3.8, 4) is 0 Å². The van der Waals surface area contributed by atoms with Crippen molar-refractivity contribution < 1.29 is 14.6 Å². The maximum Gasteiger partial charge on any atom is 0.323 e. The lowest BCUT2D eigenvalue weighted by molar-refractivity contribution is -0.153. The fraction of sp³-hybridized carbons (Fsp3) is 0.909. The molecular weight excluding hydrogens is 194 g/mol. The Labute approximate surface area is 92.2 Å². The van der Waals surface area contributed by atoms with E-state index in [4.69, 9.17) is 4.74 Å². The third-order valence-electron chi connectivity index (χ3n) is 3.06. The van der Waals surface area contributed by atoms with Crippen molar-refractivity contribution in [2.45, 2.75) is 45.7 Å². The maximum absolute atomic E-state index is 11.3. The third kappa shape index (κ3) is 3.18. The van der Waals surface area contributed by atoms with Crippen LogP contribution >= 0.6 is 0 Å². The van der Waals surface area contributed by atoms with E-state index in [9.17, 15) is 9.90 Å². The average molecular weight is 217 g/mol. The SMILES string of the molecule is CCN(C(C)COC)C(C)(CC)C(=O)O. The number of methoxy groups -OCH3 is 1. The van der Waals surface area contributed by atoms with Gasteiger partial charge in [0, 0.05) is 13.2 Å². The van der Waals surface area contributed by atoms with Crippen LogP contribution in [0.4, 0.5) is 0 Å². The van der Waals surface area contributed by atoms with E-state index in [1.807, 2.05) is 25.7 Å². The summed E-state index contributed by atoms with van der Waals surface area (Å²) >= 11 is 0. The molecule has 0 saturated heterocycles. The number of likely N-dealkylation sites (N-methyl/N-ethyl adjacent to an activating group) is 1. The molecule has 2 atom stereocenters. The van der Waals surface area contributed by atoms with Gasteiger partial charge in [0.15, 0.2) is 0 Å². The molecule has 0 aliphatic heterocycles. The molecule has 0 bridgehead atoms. The molecule has 15 heavy (non-hydrogen) atoms. The van der Waals surface area contributed by atoms with Gasteiger partial charge in [-0.25, -0.2) is 0 Å². The lowest BCUT2D eigenvalue weighted by atomic mass is 9.94. The summed E-state index contributed by atoms with van der Waals surface area (Å²) in [6.45, 7) is 8.89. The number of rotatable bonds is 7. The van der Waals surface area contributed by atoms with Crippen molar-refractivity contribution in [2.24, 2.45) is 0 Å². The molecule has 0 saturated carbocycles. The molecule has 4 heteroatoms. The summed E-state index contributed by atoms with van der Waals surface area (Å²) in [4.78, 5) is 13.2. The Morgan fingerprint density at radius 3 is 2.33 bits per heavy atom. The van der Waals surface area contributed by atoms with Crippen molar-refractivity contribution in [3.63, 3.8) is 0 Å². The third-order valence-corrected chi connectivity index (χ3v) is 3.06. The van der Waals surface area contributed by atoms with Crippen molar-refractivity contribution in [2.75, 3.05) is 20.3 Å². The highest BCUT2D eigenvalue weighted by Crippen LogP contribution is 2.22. The van der Waals surface area contributed by atoms with Gasteiger partial charge in [-0.2, -0.15) is 0 Å². The highest BCUT2D eigenvalue weighted by atomic mass is 16.5. The van der Waals surface area contributed by atoms with Crippen LogP contribution in [-0.2, 0) is 9.53 Å². The monoisotopic (exact) mass is 217 g/mol. The number of hydrogen-bond donors (Lipinski definition) is 1. The van der Waals surface area contributed by atoms with Crippen molar-refractivity contribution in [1.82, 2.24) is 4.90 Å². The van der Waals surface area contributed by atoms with Crippen LogP contribution in [0.1, 0.15) is 34.1 Å². The summed E-state index contributed by atoms with van der Waals surface area (Å²) in [5, 5.41) is 9.27. The van der Waals surface area contributed by atoms with E-state index in [1.54, 1.807) is 14.0 Å². The zero-order valence-electron chi connectivity index (χ0n) is 10.4. The van der Waals surface area contributed by atoms with Gasteiger partial charge in [-0.3, -0.25) is 9.69 Å². The Morgan fingerprint density at radius 1 is 1.53 bits per heavy atom. The Bertz CT molecular complexity index is 208. The van der Waals surface area contributed by atoms with Gasteiger partial charge in [-0.05, 0) is 26.8 Å². The number of carboxylic acids is 1. The van der Waals surface area contributed by atoms with Gasteiger partial charge in [0.25, 0.3) is 0 Å². The van der Waals surface area contributed by atoms with Gasteiger partial charge < -0.3 is 9.84 Å². The van der Waals surface area contributed by atoms with Crippen LogP contribution in [0.5, 0.6) is 0 Å². The predicted octanol–water partition coefficient (Wildman–Crippen LogP) is 1.60. The molecule has 1 N–H and O–H groups in total. The number of aliphatic carboxylic acids is 1. The molecule has 0 fully saturated rings. The number of carbonyl (C=O) groups is 1. The highest BCUT2D eigenvalue weighted by molar-refractivity contribution is 5.78. The Kier molecular flexibility index (Phi) is 5.83. The molecular formula is C11H23NO3. The first-order chi connectivity index (χ1) is 6.93. The van der Waals surface area contributed by atoms with E-state index in [-0.39, 0.29) is 6.04 Å². The fourth-order valence-electron chi connectivity index (χ4n) is 1.96. The summed E-state index contributed by atoms with van der Waals surface area (Å²) in [5.74, 6) is -0.769. The summed E-state index contributed by atoms with van der Waals surface area (Å²) in [7, 11) is 1.63. The Hall–Kier alpha value is -0.610. The first-order valence-electron chi connectivity index (χ1n) is 5.43. The molecule has 90 valence electrons. The van der Waals surface area contributed by atoms with E-state index in [0.29, 0.717) is 19.6 Å². The molecule has 0 aliphatic carbocycles. The number of ether oxygens (including phenoxy) is 1. The van der Waals surface area contributed by atoms with Gasteiger partial charge in [-0.15, -0.1) is 0 Å². The molecule has 0 rings (SSSR count). The second-order valence-electron chi connectivity index (χ2n) is 4.02. The van der Waals surface area contributed by atoms with Gasteiger partial charge >= 0.3 is 5.97 Å². The summed E-state index contributed by atoms with van der Waals surface area (Å²) in [5.41, 5.74) is -0.799. The van der Waals surface area contributed by atoms with E-state index in [0.717, 1.165) is 0 Å². The van der Waals surface area contributed by atoms with Crippen LogP contribution in [0.15, 0.2) is 0 Å². The molecule has 4 nitrogen and oxygen atoms in total. The molecule has 0 radical (unpaired) electrons. The standard InChI is InChI=1S/C11H23NO3/c1-6-11(4,10(13)14)12(7-2)9(3)8-15-5/h9H,6-8H2,1-5H3,(H,13,14). The molecule has 0 aromatic carbocycles. The minimum absolute atomic E-state index is 0.112. The minimum Gasteiger partial charge on any atom is -0.480 e. The van der Waals surface area contributed by atoms with Crippen molar-refractivity contribution in [3.05, 3.63) is 0 Å². The Morgan fingerprint density at radius 2 is 2.07 bits per heavy atom. The second-order valence-corrected chi connectivity index (χ2v) is 4.02. The summed E-state index contributed by atoms with van der Waals surface area (Å²) < 4.78 is 5.07. The lowest BCUT2D eigenvalue weighted by Crippen LogP contribution is -2.56. The highest BCUT2D eigenvalue weighted by Gasteiger charge is 2.39. The first-order valence-corrected chi connectivity index (χ1v) is 5.43. The summed E-state index contributed by atoms with van der Waals surface area (Å²) in [6, 6.07) is 0.112. The molecule has 0 aliphatic rings. The van der Waals surface area contributed by atoms with E-state index >= 15 is 0 Å². The van der Waals surface area contributed by atoms with Crippen molar-refractivity contribution >= 4 is 5.97 Å². The zero-order valence-corrected chi connectivity index (χ0v) is 10.4. The van der Waals surface area contributed by atoms with Gasteiger partial charge in [-0.1, -0.05) is 13.8 Å². The molecule has 2 unspecified atom stereocenters. The lowest BCUT2D eigenvalue weighted by Gasteiger charge is -2.40. The fourth-order valence-corrected chi connectivity index (χ4v) is 1.96.